The lowest BCUT2D eigenvalue weighted by Gasteiger charge is -2.01. The highest BCUT2D eigenvalue weighted by Gasteiger charge is 1.98. The fourth-order valence-corrected chi connectivity index (χ4v) is 0.453. The smallest absolute Gasteiger partial charge is 0.239 e. The minimum absolute atomic E-state index is 0.0309. The van der Waals surface area contributed by atoms with Gasteiger partial charge in [0.15, 0.2) is 0 Å². The van der Waals surface area contributed by atoms with Crippen molar-refractivity contribution in [1.82, 2.24) is 10.6 Å². The zero-order valence-corrected chi connectivity index (χ0v) is 6.52. The van der Waals surface area contributed by atoms with Crippen LogP contribution in [0.5, 0.6) is 0 Å². The van der Waals surface area contributed by atoms with Gasteiger partial charge < -0.3 is 10.6 Å². The maximum atomic E-state index is 10.7. The summed E-state index contributed by atoms with van der Waals surface area (Å²) in [6.45, 7) is 5.25. The average molecular weight is 156 g/mol. The first kappa shape index (κ1) is 9.68. The Bertz CT molecular complexity index is 166. The van der Waals surface area contributed by atoms with Crippen molar-refractivity contribution in [3.8, 4) is 0 Å². The molecule has 0 fully saturated rings. The lowest BCUT2D eigenvalue weighted by molar-refractivity contribution is -0.124. The summed E-state index contributed by atoms with van der Waals surface area (Å²) < 4.78 is 0. The van der Waals surface area contributed by atoms with Crippen LogP contribution < -0.4 is 10.6 Å². The largest absolute Gasteiger partial charge is 0.351 e. The second kappa shape index (κ2) is 5.46. The SMILES string of the molecule is C=CCNC(=O)CNC(C)=O. The molecule has 11 heavy (non-hydrogen) atoms. The Balaban J connectivity index is 3.37. The van der Waals surface area contributed by atoms with Gasteiger partial charge in [-0.1, -0.05) is 6.08 Å². The van der Waals surface area contributed by atoms with Gasteiger partial charge in [-0.15, -0.1) is 6.58 Å². The fraction of sp³-hybridized carbons (Fsp3) is 0.429. The third-order valence-electron chi connectivity index (χ3n) is 0.941. The lowest BCUT2D eigenvalue weighted by atomic mass is 10.5. The molecule has 0 rings (SSSR count). The van der Waals surface area contributed by atoms with Crippen LogP contribution in [0.15, 0.2) is 12.7 Å². The van der Waals surface area contributed by atoms with Crippen LogP contribution in [-0.2, 0) is 9.59 Å². The van der Waals surface area contributed by atoms with Gasteiger partial charge >= 0.3 is 0 Å². The maximum Gasteiger partial charge on any atom is 0.239 e. The fourth-order valence-electron chi connectivity index (χ4n) is 0.453. The highest BCUT2D eigenvalue weighted by molar-refractivity contribution is 5.83. The van der Waals surface area contributed by atoms with Gasteiger partial charge in [-0.3, -0.25) is 9.59 Å². The molecule has 0 spiro atoms. The average Bonchev–Trinajstić information content (AvgIpc) is 1.97. The highest BCUT2D eigenvalue weighted by atomic mass is 16.2. The van der Waals surface area contributed by atoms with Gasteiger partial charge in [0.1, 0.15) is 0 Å². The van der Waals surface area contributed by atoms with Gasteiger partial charge in [0.25, 0.3) is 0 Å². The third-order valence-corrected chi connectivity index (χ3v) is 0.941. The zero-order chi connectivity index (χ0) is 8.69. The van der Waals surface area contributed by atoms with Crippen molar-refractivity contribution in [3.05, 3.63) is 12.7 Å². The van der Waals surface area contributed by atoms with Crippen LogP contribution in [0.2, 0.25) is 0 Å². The lowest BCUT2D eigenvalue weighted by Crippen LogP contribution is -2.35. The van der Waals surface area contributed by atoms with Crippen molar-refractivity contribution >= 4 is 11.8 Å². The van der Waals surface area contributed by atoms with Crippen LogP contribution in [0.25, 0.3) is 0 Å². The Morgan fingerprint density at radius 2 is 2.09 bits per heavy atom. The summed E-state index contributed by atoms with van der Waals surface area (Å²) in [7, 11) is 0. The topological polar surface area (TPSA) is 58.2 Å². The van der Waals surface area contributed by atoms with E-state index in [-0.39, 0.29) is 18.4 Å². The molecule has 0 saturated carbocycles. The molecule has 0 aromatic carbocycles. The Kier molecular flexibility index (Phi) is 4.81. The Labute approximate surface area is 65.7 Å². The van der Waals surface area contributed by atoms with Gasteiger partial charge in [0.2, 0.25) is 11.8 Å². The molecular weight excluding hydrogens is 144 g/mol. The van der Waals surface area contributed by atoms with Crippen molar-refractivity contribution < 1.29 is 9.59 Å². The summed E-state index contributed by atoms with van der Waals surface area (Å²) in [6.07, 6.45) is 1.58. The first-order chi connectivity index (χ1) is 5.16. The number of hydrogen-bond acceptors (Lipinski definition) is 2. The van der Waals surface area contributed by atoms with E-state index in [9.17, 15) is 9.59 Å². The van der Waals surface area contributed by atoms with Gasteiger partial charge in [-0.05, 0) is 0 Å². The minimum atomic E-state index is -0.209. The monoisotopic (exact) mass is 156 g/mol. The number of amides is 2. The van der Waals surface area contributed by atoms with Crippen LogP contribution in [0.1, 0.15) is 6.92 Å². The number of carbonyl (C=O) groups excluding carboxylic acids is 2. The van der Waals surface area contributed by atoms with E-state index < -0.39 is 0 Å². The number of nitrogens with one attached hydrogen (secondary N) is 2. The molecule has 0 aliphatic heterocycles. The molecule has 0 aliphatic carbocycles. The zero-order valence-electron chi connectivity index (χ0n) is 6.52. The summed E-state index contributed by atoms with van der Waals surface area (Å²) in [6, 6.07) is 0. The molecular formula is C7H12N2O2. The molecule has 0 aliphatic rings. The highest BCUT2D eigenvalue weighted by Crippen LogP contribution is 1.65. The van der Waals surface area contributed by atoms with E-state index in [2.05, 4.69) is 17.2 Å². The van der Waals surface area contributed by atoms with Crippen LogP contribution in [0.3, 0.4) is 0 Å². The first-order valence-electron chi connectivity index (χ1n) is 3.29. The molecule has 2 amide bonds. The molecule has 0 bridgehead atoms. The van der Waals surface area contributed by atoms with E-state index in [4.69, 9.17) is 0 Å². The predicted molar refractivity (Wildman–Crippen MR) is 41.9 cm³/mol. The molecule has 2 N–H and O–H groups in total. The minimum Gasteiger partial charge on any atom is -0.351 e. The van der Waals surface area contributed by atoms with Crippen LogP contribution in [0, 0.1) is 0 Å². The second-order valence-electron chi connectivity index (χ2n) is 2.00. The van der Waals surface area contributed by atoms with Crippen molar-refractivity contribution in [2.75, 3.05) is 13.1 Å². The molecule has 4 heteroatoms. The summed E-state index contributed by atoms with van der Waals surface area (Å²) >= 11 is 0. The molecule has 4 nitrogen and oxygen atoms in total. The second-order valence-corrected chi connectivity index (χ2v) is 2.00. The first-order valence-corrected chi connectivity index (χ1v) is 3.29. The van der Waals surface area contributed by atoms with Crippen molar-refractivity contribution in [2.24, 2.45) is 0 Å². The standard InChI is InChI=1S/C7H12N2O2/c1-3-4-8-7(11)5-9-6(2)10/h3H,1,4-5H2,2H3,(H,8,11)(H,9,10). The Hall–Kier alpha value is -1.32. The van der Waals surface area contributed by atoms with Crippen LogP contribution >= 0.6 is 0 Å². The van der Waals surface area contributed by atoms with Crippen molar-refractivity contribution in [2.45, 2.75) is 6.92 Å². The summed E-state index contributed by atoms with van der Waals surface area (Å²) in [4.78, 5) is 21.0. The van der Waals surface area contributed by atoms with E-state index in [1.807, 2.05) is 0 Å². The molecule has 0 aromatic heterocycles. The molecule has 0 saturated heterocycles. The number of hydrogen-bond donors (Lipinski definition) is 2. The van der Waals surface area contributed by atoms with E-state index in [0.717, 1.165) is 0 Å². The van der Waals surface area contributed by atoms with E-state index in [1.165, 1.54) is 6.92 Å². The van der Waals surface area contributed by atoms with Crippen LogP contribution in [0.4, 0.5) is 0 Å². The van der Waals surface area contributed by atoms with Crippen molar-refractivity contribution in [1.29, 1.82) is 0 Å². The number of carbonyl (C=O) groups is 2. The molecule has 0 heterocycles. The predicted octanol–water partition coefficient (Wildman–Crippen LogP) is -0.575. The Morgan fingerprint density at radius 1 is 1.45 bits per heavy atom. The van der Waals surface area contributed by atoms with Crippen molar-refractivity contribution in [3.63, 3.8) is 0 Å². The third kappa shape index (κ3) is 6.57. The van der Waals surface area contributed by atoms with Gasteiger partial charge in [-0.2, -0.15) is 0 Å². The number of rotatable bonds is 4. The summed E-state index contributed by atoms with van der Waals surface area (Å²) in [5, 5.41) is 4.88. The maximum absolute atomic E-state index is 10.7. The summed E-state index contributed by atoms with van der Waals surface area (Å²) in [5.41, 5.74) is 0. The van der Waals surface area contributed by atoms with Gasteiger partial charge in [-0.25, -0.2) is 0 Å². The molecule has 0 atom stereocenters. The molecule has 0 aromatic rings. The molecule has 62 valence electrons. The van der Waals surface area contributed by atoms with Crippen LogP contribution in [-0.4, -0.2) is 24.9 Å². The normalized spacial score (nSPS) is 8.45. The quantitative estimate of drug-likeness (QED) is 0.535. The van der Waals surface area contributed by atoms with E-state index >= 15 is 0 Å². The van der Waals surface area contributed by atoms with E-state index in [0.29, 0.717) is 6.54 Å². The van der Waals surface area contributed by atoms with Gasteiger partial charge in [0.05, 0.1) is 6.54 Å². The molecule has 0 unspecified atom stereocenters. The summed E-state index contributed by atoms with van der Waals surface area (Å²) in [5.74, 6) is -0.418. The van der Waals surface area contributed by atoms with Gasteiger partial charge in [0, 0.05) is 13.5 Å². The molecule has 0 radical (unpaired) electrons. The Morgan fingerprint density at radius 3 is 2.55 bits per heavy atom. The van der Waals surface area contributed by atoms with E-state index in [1.54, 1.807) is 6.08 Å².